The van der Waals surface area contributed by atoms with E-state index >= 15 is 0 Å². The minimum Gasteiger partial charge on any atom is -0.370 e. The van der Waals surface area contributed by atoms with Crippen molar-refractivity contribution in [3.8, 4) is 0 Å². The second kappa shape index (κ2) is 6.48. The molecule has 0 aliphatic heterocycles. The van der Waals surface area contributed by atoms with Gasteiger partial charge in [-0.2, -0.15) is 4.98 Å². The van der Waals surface area contributed by atoms with Crippen molar-refractivity contribution < 1.29 is 9.26 Å². The van der Waals surface area contributed by atoms with Gasteiger partial charge >= 0.3 is 0 Å². The van der Waals surface area contributed by atoms with E-state index in [9.17, 15) is 0 Å². The van der Waals surface area contributed by atoms with Crippen LogP contribution in [0.3, 0.4) is 0 Å². The molecule has 5 heteroatoms. The highest BCUT2D eigenvalue weighted by molar-refractivity contribution is 4.99. The number of rotatable bonds is 6. The van der Waals surface area contributed by atoms with Crippen LogP contribution in [-0.4, -0.2) is 16.7 Å². The molecule has 2 N–H and O–H groups in total. The van der Waals surface area contributed by atoms with Crippen molar-refractivity contribution in [1.29, 1.82) is 0 Å². The zero-order chi connectivity index (χ0) is 14.6. The molecule has 1 rings (SSSR count). The van der Waals surface area contributed by atoms with E-state index in [1.54, 1.807) is 0 Å². The van der Waals surface area contributed by atoms with Gasteiger partial charge in [0.1, 0.15) is 6.10 Å². The first kappa shape index (κ1) is 16.1. The number of nitrogens with zero attached hydrogens (tertiary/aromatic N) is 2. The molecule has 2 unspecified atom stereocenters. The fourth-order valence-corrected chi connectivity index (χ4v) is 1.86. The van der Waals surface area contributed by atoms with E-state index in [4.69, 9.17) is 15.0 Å². The molecule has 0 fully saturated rings. The van der Waals surface area contributed by atoms with Crippen LogP contribution in [-0.2, 0) is 4.74 Å². The second-order valence-corrected chi connectivity index (χ2v) is 6.10. The predicted molar refractivity (Wildman–Crippen MR) is 74.5 cm³/mol. The lowest BCUT2D eigenvalue weighted by molar-refractivity contribution is -0.0203. The zero-order valence-electron chi connectivity index (χ0n) is 12.9. The lowest BCUT2D eigenvalue weighted by atomic mass is 9.88. The Morgan fingerprint density at radius 1 is 1.32 bits per heavy atom. The smallest absolute Gasteiger partial charge is 0.243 e. The highest BCUT2D eigenvalue weighted by atomic mass is 16.5. The summed E-state index contributed by atoms with van der Waals surface area (Å²) in [6.45, 7) is 13.0. The van der Waals surface area contributed by atoms with E-state index in [0.717, 1.165) is 6.42 Å². The summed E-state index contributed by atoms with van der Waals surface area (Å²) in [5.41, 5.74) is 6.02. The summed E-state index contributed by atoms with van der Waals surface area (Å²) in [4.78, 5) is 4.44. The van der Waals surface area contributed by atoms with Crippen LogP contribution < -0.4 is 5.73 Å². The summed E-state index contributed by atoms with van der Waals surface area (Å²) < 4.78 is 11.1. The van der Waals surface area contributed by atoms with Gasteiger partial charge in [0, 0.05) is 6.61 Å². The van der Waals surface area contributed by atoms with Gasteiger partial charge in [-0.05, 0) is 18.3 Å². The topological polar surface area (TPSA) is 74.2 Å². The van der Waals surface area contributed by atoms with Crippen molar-refractivity contribution in [3.05, 3.63) is 11.7 Å². The van der Waals surface area contributed by atoms with Crippen molar-refractivity contribution in [2.24, 2.45) is 17.1 Å². The SMILES string of the molecule is CCOC(c1noc([C@@H](N)C(C)CC)n1)C(C)(C)C. The van der Waals surface area contributed by atoms with Crippen LogP contribution in [0.2, 0.25) is 0 Å². The van der Waals surface area contributed by atoms with Gasteiger partial charge < -0.3 is 15.0 Å². The van der Waals surface area contributed by atoms with Gasteiger partial charge in [0.25, 0.3) is 0 Å². The zero-order valence-corrected chi connectivity index (χ0v) is 12.9. The molecule has 0 aliphatic carbocycles. The quantitative estimate of drug-likeness (QED) is 0.858. The molecule has 5 nitrogen and oxygen atoms in total. The van der Waals surface area contributed by atoms with Crippen molar-refractivity contribution >= 4 is 0 Å². The Hall–Kier alpha value is -0.940. The number of aromatic nitrogens is 2. The van der Waals surface area contributed by atoms with Crippen molar-refractivity contribution in [2.45, 2.75) is 60.1 Å². The van der Waals surface area contributed by atoms with Crippen molar-refractivity contribution in [1.82, 2.24) is 10.1 Å². The van der Waals surface area contributed by atoms with E-state index in [2.05, 4.69) is 44.8 Å². The summed E-state index contributed by atoms with van der Waals surface area (Å²) in [5, 5.41) is 4.05. The molecule has 0 bridgehead atoms. The Bertz CT molecular complexity index is 384. The lowest BCUT2D eigenvalue weighted by Gasteiger charge is -2.27. The third kappa shape index (κ3) is 4.01. The molecule has 0 aromatic carbocycles. The van der Waals surface area contributed by atoms with Gasteiger partial charge in [-0.15, -0.1) is 0 Å². The van der Waals surface area contributed by atoms with Crippen LogP contribution in [0, 0.1) is 11.3 Å². The van der Waals surface area contributed by atoms with Gasteiger partial charge in [0.05, 0.1) is 6.04 Å². The van der Waals surface area contributed by atoms with E-state index in [0.29, 0.717) is 24.2 Å². The second-order valence-electron chi connectivity index (χ2n) is 6.10. The van der Waals surface area contributed by atoms with Crippen LogP contribution in [0.4, 0.5) is 0 Å². The summed E-state index contributed by atoms with van der Waals surface area (Å²) in [6.07, 6.45) is 0.798. The Labute approximate surface area is 115 Å². The van der Waals surface area contributed by atoms with Crippen molar-refractivity contribution in [3.63, 3.8) is 0 Å². The lowest BCUT2D eigenvalue weighted by Crippen LogP contribution is -2.23. The summed E-state index contributed by atoms with van der Waals surface area (Å²) >= 11 is 0. The maximum atomic E-state index is 6.11. The number of nitrogens with two attached hydrogens (primary N) is 1. The first-order valence-electron chi connectivity index (χ1n) is 7.01. The molecule has 3 atom stereocenters. The summed E-state index contributed by atoms with van der Waals surface area (Å²) in [6, 6.07) is -0.214. The molecule has 1 aromatic rings. The molecular weight excluding hydrogens is 242 g/mol. The Morgan fingerprint density at radius 3 is 2.42 bits per heavy atom. The van der Waals surface area contributed by atoms with Crippen LogP contribution in [0.15, 0.2) is 4.52 Å². The molecule has 0 amide bonds. The fraction of sp³-hybridized carbons (Fsp3) is 0.857. The summed E-state index contributed by atoms with van der Waals surface area (Å²) in [5.74, 6) is 1.40. The Balaban J connectivity index is 2.93. The van der Waals surface area contributed by atoms with Crippen molar-refractivity contribution in [2.75, 3.05) is 6.61 Å². The minimum atomic E-state index is -0.214. The third-order valence-electron chi connectivity index (χ3n) is 3.35. The fourth-order valence-electron chi connectivity index (χ4n) is 1.86. The molecule has 0 radical (unpaired) electrons. The average Bonchev–Trinajstić information content (AvgIpc) is 2.81. The molecule has 19 heavy (non-hydrogen) atoms. The van der Waals surface area contributed by atoms with Crippen LogP contribution in [0.1, 0.15) is 71.8 Å². The monoisotopic (exact) mass is 269 g/mol. The minimum absolute atomic E-state index is 0.0857. The molecule has 0 saturated heterocycles. The first-order chi connectivity index (χ1) is 8.81. The highest BCUT2D eigenvalue weighted by Gasteiger charge is 2.32. The largest absolute Gasteiger partial charge is 0.370 e. The maximum absolute atomic E-state index is 6.11. The Kier molecular flexibility index (Phi) is 5.50. The molecule has 0 spiro atoms. The van der Waals surface area contributed by atoms with Gasteiger partial charge in [0.15, 0.2) is 0 Å². The molecular formula is C14H27N3O2. The van der Waals surface area contributed by atoms with Crippen LogP contribution in [0.5, 0.6) is 0 Å². The number of ether oxygens (including phenoxy) is 1. The Morgan fingerprint density at radius 2 is 1.95 bits per heavy atom. The molecule has 0 aliphatic rings. The standard InChI is InChI=1S/C14H27N3O2/c1-7-9(3)10(15)13-16-12(17-19-13)11(18-8-2)14(4,5)6/h9-11H,7-8,15H2,1-6H3/t9?,10-,11?/m0/s1. The number of hydrogen-bond acceptors (Lipinski definition) is 5. The number of hydrogen-bond donors (Lipinski definition) is 1. The summed E-state index contributed by atoms with van der Waals surface area (Å²) in [7, 11) is 0. The van der Waals surface area contributed by atoms with Gasteiger partial charge in [-0.3, -0.25) is 0 Å². The molecule has 1 heterocycles. The first-order valence-corrected chi connectivity index (χ1v) is 7.01. The van der Waals surface area contributed by atoms with Crippen LogP contribution >= 0.6 is 0 Å². The van der Waals surface area contributed by atoms with E-state index < -0.39 is 0 Å². The average molecular weight is 269 g/mol. The maximum Gasteiger partial charge on any atom is 0.243 e. The van der Waals surface area contributed by atoms with Crippen LogP contribution in [0.25, 0.3) is 0 Å². The van der Waals surface area contributed by atoms with E-state index in [-0.39, 0.29) is 17.6 Å². The third-order valence-corrected chi connectivity index (χ3v) is 3.35. The molecule has 1 aromatic heterocycles. The molecule has 0 saturated carbocycles. The van der Waals surface area contributed by atoms with Gasteiger partial charge in [-0.1, -0.05) is 46.2 Å². The normalized spacial score (nSPS) is 17.2. The predicted octanol–water partition coefficient (Wildman–Crippen LogP) is 3.24. The highest BCUT2D eigenvalue weighted by Crippen LogP contribution is 2.35. The van der Waals surface area contributed by atoms with E-state index in [1.807, 2.05) is 6.92 Å². The van der Waals surface area contributed by atoms with E-state index in [1.165, 1.54) is 0 Å². The van der Waals surface area contributed by atoms with Gasteiger partial charge in [-0.25, -0.2) is 0 Å². The van der Waals surface area contributed by atoms with Gasteiger partial charge in [0.2, 0.25) is 11.7 Å². The molecule has 110 valence electrons.